The van der Waals surface area contributed by atoms with Crippen LogP contribution in [0.4, 0.5) is 5.69 Å². The molecule has 0 spiro atoms. The highest BCUT2D eigenvalue weighted by Crippen LogP contribution is 2.29. The standard InChI is InChI=1S/C20H25N5O3.ClH/c26-18(24-11-13-28-14-12-24)16-3-1-4-17(15-16)23-19(27)20(5-8-21-9-6-20)25-10-2-7-22-25;/h1-4,7,10,15,21H,5-6,8-9,11-14H2,(H,23,27);1H. The Kier molecular flexibility index (Phi) is 6.89. The lowest BCUT2D eigenvalue weighted by atomic mass is 9.87. The summed E-state index contributed by atoms with van der Waals surface area (Å²) >= 11 is 0. The second-order valence-electron chi connectivity index (χ2n) is 7.17. The summed E-state index contributed by atoms with van der Waals surface area (Å²) in [4.78, 5) is 27.8. The Labute approximate surface area is 176 Å². The largest absolute Gasteiger partial charge is 0.378 e. The molecule has 2 fully saturated rings. The minimum Gasteiger partial charge on any atom is -0.378 e. The number of anilines is 1. The van der Waals surface area contributed by atoms with Crippen LogP contribution in [0, 0.1) is 0 Å². The van der Waals surface area contributed by atoms with Gasteiger partial charge in [-0.1, -0.05) is 6.07 Å². The zero-order valence-corrected chi connectivity index (χ0v) is 17.0. The van der Waals surface area contributed by atoms with Crippen LogP contribution in [0.5, 0.6) is 0 Å². The Hall–Kier alpha value is -2.42. The quantitative estimate of drug-likeness (QED) is 0.784. The van der Waals surface area contributed by atoms with Gasteiger partial charge in [-0.15, -0.1) is 12.4 Å². The highest BCUT2D eigenvalue weighted by molar-refractivity contribution is 5.99. The van der Waals surface area contributed by atoms with Crippen LogP contribution in [0.15, 0.2) is 42.7 Å². The third-order valence-corrected chi connectivity index (χ3v) is 5.46. The van der Waals surface area contributed by atoms with Crippen molar-refractivity contribution in [2.45, 2.75) is 18.4 Å². The molecule has 4 rings (SSSR count). The average molecular weight is 420 g/mol. The van der Waals surface area contributed by atoms with Crippen molar-refractivity contribution in [3.63, 3.8) is 0 Å². The summed E-state index contributed by atoms with van der Waals surface area (Å²) in [6.07, 6.45) is 4.85. The van der Waals surface area contributed by atoms with Gasteiger partial charge in [0.1, 0.15) is 5.54 Å². The lowest BCUT2D eigenvalue weighted by molar-refractivity contribution is -0.126. The van der Waals surface area contributed by atoms with Crippen molar-refractivity contribution in [3.8, 4) is 0 Å². The van der Waals surface area contributed by atoms with E-state index in [1.54, 1.807) is 34.0 Å². The summed E-state index contributed by atoms with van der Waals surface area (Å²) in [7, 11) is 0. The normalized spacial score (nSPS) is 18.6. The summed E-state index contributed by atoms with van der Waals surface area (Å²) in [6.45, 7) is 3.80. The number of ether oxygens (including phenoxy) is 1. The van der Waals surface area contributed by atoms with Crippen LogP contribution in [0.25, 0.3) is 0 Å². The van der Waals surface area contributed by atoms with E-state index in [-0.39, 0.29) is 24.2 Å². The minimum atomic E-state index is -0.723. The van der Waals surface area contributed by atoms with Gasteiger partial charge in [0.25, 0.3) is 11.8 Å². The number of piperidine rings is 1. The van der Waals surface area contributed by atoms with Crippen LogP contribution in [-0.2, 0) is 15.1 Å². The molecular formula is C20H26ClN5O3. The third kappa shape index (κ3) is 4.44. The molecule has 2 aliphatic heterocycles. The highest BCUT2D eigenvalue weighted by atomic mass is 35.5. The Bertz CT molecular complexity index is 830. The van der Waals surface area contributed by atoms with Gasteiger partial charge < -0.3 is 20.3 Å². The molecule has 1 aromatic heterocycles. The smallest absolute Gasteiger partial charge is 0.254 e. The van der Waals surface area contributed by atoms with Crippen molar-refractivity contribution in [2.24, 2.45) is 0 Å². The number of aromatic nitrogens is 2. The molecule has 2 amide bonds. The van der Waals surface area contributed by atoms with E-state index in [0.717, 1.165) is 13.1 Å². The Balaban J connectivity index is 0.00000240. The van der Waals surface area contributed by atoms with Gasteiger partial charge in [-0.05, 0) is 50.2 Å². The fourth-order valence-corrected chi connectivity index (χ4v) is 3.85. The first-order chi connectivity index (χ1) is 13.7. The van der Waals surface area contributed by atoms with Crippen molar-refractivity contribution in [3.05, 3.63) is 48.3 Å². The fraction of sp³-hybridized carbons (Fsp3) is 0.450. The van der Waals surface area contributed by atoms with Crippen LogP contribution in [0.1, 0.15) is 23.2 Å². The van der Waals surface area contributed by atoms with Gasteiger partial charge in [0.15, 0.2) is 0 Å². The Morgan fingerprint density at radius 3 is 2.59 bits per heavy atom. The number of rotatable bonds is 4. The number of hydrogen-bond acceptors (Lipinski definition) is 5. The maximum Gasteiger partial charge on any atom is 0.254 e. The average Bonchev–Trinajstić information content (AvgIpc) is 3.30. The Morgan fingerprint density at radius 1 is 1.14 bits per heavy atom. The molecule has 0 radical (unpaired) electrons. The van der Waals surface area contributed by atoms with E-state index in [9.17, 15) is 9.59 Å². The number of carbonyl (C=O) groups is 2. The second kappa shape index (κ2) is 9.39. The molecule has 3 heterocycles. The molecule has 0 saturated carbocycles. The molecule has 1 aromatic carbocycles. The van der Waals surface area contributed by atoms with Gasteiger partial charge in [0.05, 0.1) is 13.2 Å². The Morgan fingerprint density at radius 2 is 1.90 bits per heavy atom. The summed E-state index contributed by atoms with van der Waals surface area (Å²) in [5.41, 5.74) is 0.464. The number of morpholine rings is 1. The van der Waals surface area contributed by atoms with Gasteiger partial charge in [-0.25, -0.2) is 0 Å². The number of halogens is 1. The van der Waals surface area contributed by atoms with Crippen LogP contribution in [-0.4, -0.2) is 65.9 Å². The van der Waals surface area contributed by atoms with E-state index in [4.69, 9.17) is 4.74 Å². The molecule has 0 atom stereocenters. The number of nitrogens with one attached hydrogen (secondary N) is 2. The predicted octanol–water partition coefficient (Wildman–Crippen LogP) is 1.49. The summed E-state index contributed by atoms with van der Waals surface area (Å²) in [5, 5.41) is 10.7. The number of benzene rings is 1. The molecule has 0 aliphatic carbocycles. The number of carbonyl (C=O) groups excluding carboxylic acids is 2. The predicted molar refractivity (Wildman–Crippen MR) is 111 cm³/mol. The van der Waals surface area contributed by atoms with Crippen molar-refractivity contribution >= 4 is 29.9 Å². The highest BCUT2D eigenvalue weighted by Gasteiger charge is 2.42. The number of nitrogens with zero attached hydrogens (tertiary/aromatic N) is 3. The van der Waals surface area contributed by atoms with E-state index >= 15 is 0 Å². The number of hydrogen-bond donors (Lipinski definition) is 2. The van der Waals surface area contributed by atoms with Gasteiger partial charge in [0, 0.05) is 36.7 Å². The van der Waals surface area contributed by atoms with E-state index < -0.39 is 5.54 Å². The van der Waals surface area contributed by atoms with E-state index in [2.05, 4.69) is 15.7 Å². The van der Waals surface area contributed by atoms with Crippen molar-refractivity contribution in [1.29, 1.82) is 0 Å². The molecule has 8 nitrogen and oxygen atoms in total. The minimum absolute atomic E-state index is 0. The molecule has 29 heavy (non-hydrogen) atoms. The summed E-state index contributed by atoms with van der Waals surface area (Å²) < 4.78 is 7.07. The van der Waals surface area contributed by atoms with Crippen molar-refractivity contribution in [2.75, 3.05) is 44.7 Å². The van der Waals surface area contributed by atoms with Gasteiger partial charge in [-0.3, -0.25) is 14.3 Å². The van der Waals surface area contributed by atoms with Crippen LogP contribution in [0.3, 0.4) is 0 Å². The molecule has 0 unspecified atom stereocenters. The van der Waals surface area contributed by atoms with Crippen molar-refractivity contribution < 1.29 is 14.3 Å². The van der Waals surface area contributed by atoms with Crippen LogP contribution < -0.4 is 10.6 Å². The van der Waals surface area contributed by atoms with Crippen LogP contribution >= 0.6 is 12.4 Å². The lowest BCUT2D eigenvalue weighted by Gasteiger charge is -2.36. The van der Waals surface area contributed by atoms with Gasteiger partial charge >= 0.3 is 0 Å². The molecular weight excluding hydrogens is 394 g/mol. The summed E-state index contributed by atoms with van der Waals surface area (Å²) in [6, 6.07) is 8.96. The zero-order valence-electron chi connectivity index (χ0n) is 16.2. The van der Waals surface area contributed by atoms with E-state index in [1.807, 2.05) is 18.3 Å². The van der Waals surface area contributed by atoms with E-state index in [1.165, 1.54) is 0 Å². The molecule has 0 bridgehead atoms. The fourth-order valence-electron chi connectivity index (χ4n) is 3.85. The lowest BCUT2D eigenvalue weighted by Crippen LogP contribution is -2.52. The molecule has 9 heteroatoms. The van der Waals surface area contributed by atoms with Crippen molar-refractivity contribution in [1.82, 2.24) is 20.0 Å². The molecule has 156 valence electrons. The zero-order chi connectivity index (χ0) is 19.4. The molecule has 2 aromatic rings. The van der Waals surface area contributed by atoms with Gasteiger partial charge in [0.2, 0.25) is 0 Å². The third-order valence-electron chi connectivity index (χ3n) is 5.46. The first-order valence-electron chi connectivity index (χ1n) is 9.68. The SMILES string of the molecule is Cl.O=C(c1cccc(NC(=O)C2(n3cccn3)CCNCC2)c1)N1CCOCC1. The summed E-state index contributed by atoms with van der Waals surface area (Å²) in [5.74, 6) is -0.142. The van der Waals surface area contributed by atoms with Gasteiger partial charge in [-0.2, -0.15) is 5.10 Å². The molecule has 2 N–H and O–H groups in total. The first kappa shape index (κ1) is 21.3. The topological polar surface area (TPSA) is 88.5 Å². The number of amides is 2. The van der Waals surface area contributed by atoms with E-state index in [0.29, 0.717) is 50.4 Å². The monoisotopic (exact) mass is 419 g/mol. The maximum atomic E-state index is 13.3. The second-order valence-corrected chi connectivity index (χ2v) is 7.17. The van der Waals surface area contributed by atoms with Crippen LogP contribution in [0.2, 0.25) is 0 Å². The first-order valence-corrected chi connectivity index (χ1v) is 9.68. The maximum absolute atomic E-state index is 13.3. The molecule has 2 saturated heterocycles. The molecule has 2 aliphatic rings.